The van der Waals surface area contributed by atoms with E-state index in [1.807, 2.05) is 0 Å². The average Bonchev–Trinajstić information content (AvgIpc) is 2.41. The van der Waals surface area contributed by atoms with Crippen molar-refractivity contribution in [2.45, 2.75) is 0 Å². The highest BCUT2D eigenvalue weighted by Gasteiger charge is 2.27. The van der Waals surface area contributed by atoms with Gasteiger partial charge in [0.25, 0.3) is 0 Å². The van der Waals surface area contributed by atoms with Crippen LogP contribution in [0.4, 0.5) is 0 Å². The van der Waals surface area contributed by atoms with Crippen LogP contribution in [0.3, 0.4) is 0 Å². The highest BCUT2D eigenvalue weighted by Crippen LogP contribution is 2.29. The minimum Gasteiger partial charge on any atom is -0.506 e. The molecule has 2 N–H and O–H groups in total. The minimum absolute atomic E-state index is 0.0706. The van der Waals surface area contributed by atoms with Gasteiger partial charge in [-0.3, -0.25) is 4.79 Å². The second-order valence-electron chi connectivity index (χ2n) is 2.78. The van der Waals surface area contributed by atoms with Crippen molar-refractivity contribution >= 4 is 17.8 Å². The summed E-state index contributed by atoms with van der Waals surface area (Å²) in [5.74, 6) is -0.362. The van der Waals surface area contributed by atoms with Gasteiger partial charge in [0.15, 0.2) is 5.78 Å². The summed E-state index contributed by atoms with van der Waals surface area (Å²) in [5.41, 5.74) is 1.06. The highest BCUT2D eigenvalue weighted by atomic mass is 16.3. The second-order valence-corrected chi connectivity index (χ2v) is 2.78. The smallest absolute Gasteiger partial charge is 0.199 e. The lowest BCUT2D eigenvalue weighted by Crippen LogP contribution is -1.98. The van der Waals surface area contributed by atoms with E-state index in [2.05, 4.69) is 0 Å². The number of aliphatic hydroxyl groups excluding tert-OH is 1. The van der Waals surface area contributed by atoms with Crippen LogP contribution in [0.5, 0.6) is 0 Å². The van der Waals surface area contributed by atoms with E-state index in [0.717, 1.165) is 6.21 Å². The molecule has 2 rings (SSSR count). The van der Waals surface area contributed by atoms with Crippen molar-refractivity contribution in [3.8, 4) is 0 Å². The number of carbonyl (C=O) groups is 1. The van der Waals surface area contributed by atoms with Gasteiger partial charge < -0.3 is 10.5 Å². The molecule has 0 saturated heterocycles. The Morgan fingerprint density at radius 3 is 2.38 bits per heavy atom. The van der Waals surface area contributed by atoms with Gasteiger partial charge in [0.2, 0.25) is 0 Å². The molecule has 0 aromatic heterocycles. The average molecular weight is 173 g/mol. The Balaban J connectivity index is 2.71. The molecule has 0 radical (unpaired) electrons. The maximum absolute atomic E-state index is 11.5. The number of nitrogens with one attached hydrogen (secondary N) is 1. The summed E-state index contributed by atoms with van der Waals surface area (Å²) in [6, 6.07) is 6.79. The third kappa shape index (κ3) is 0.902. The Morgan fingerprint density at radius 1 is 1.23 bits per heavy atom. The van der Waals surface area contributed by atoms with Crippen molar-refractivity contribution in [1.29, 1.82) is 5.41 Å². The van der Waals surface area contributed by atoms with Crippen LogP contribution < -0.4 is 0 Å². The van der Waals surface area contributed by atoms with E-state index in [1.54, 1.807) is 24.3 Å². The van der Waals surface area contributed by atoms with Gasteiger partial charge in [0.1, 0.15) is 5.76 Å². The van der Waals surface area contributed by atoms with Crippen molar-refractivity contribution in [3.63, 3.8) is 0 Å². The Morgan fingerprint density at radius 2 is 1.85 bits per heavy atom. The van der Waals surface area contributed by atoms with Crippen molar-refractivity contribution in [1.82, 2.24) is 0 Å². The van der Waals surface area contributed by atoms with E-state index in [0.29, 0.717) is 11.1 Å². The fraction of sp³-hybridized carbons (Fsp3) is 0. The fourth-order valence-electron chi connectivity index (χ4n) is 1.42. The van der Waals surface area contributed by atoms with Crippen molar-refractivity contribution in [2.75, 3.05) is 0 Å². The highest BCUT2D eigenvalue weighted by molar-refractivity contribution is 6.29. The first-order valence-corrected chi connectivity index (χ1v) is 3.83. The van der Waals surface area contributed by atoms with Gasteiger partial charge in [-0.15, -0.1) is 0 Å². The Kier molecular flexibility index (Phi) is 1.52. The van der Waals surface area contributed by atoms with Gasteiger partial charge in [0.05, 0.1) is 5.57 Å². The Hall–Kier alpha value is -1.90. The van der Waals surface area contributed by atoms with Crippen LogP contribution in [0.2, 0.25) is 0 Å². The third-order valence-electron chi connectivity index (χ3n) is 2.07. The van der Waals surface area contributed by atoms with Gasteiger partial charge in [0, 0.05) is 17.3 Å². The number of hydrogen-bond acceptors (Lipinski definition) is 3. The van der Waals surface area contributed by atoms with E-state index < -0.39 is 0 Å². The number of fused-ring (bicyclic) bond motifs is 1. The molecule has 13 heavy (non-hydrogen) atoms. The first-order valence-electron chi connectivity index (χ1n) is 3.83. The van der Waals surface area contributed by atoms with Crippen LogP contribution in [-0.4, -0.2) is 17.1 Å². The quantitative estimate of drug-likeness (QED) is 0.636. The molecule has 0 heterocycles. The van der Waals surface area contributed by atoms with E-state index >= 15 is 0 Å². The largest absolute Gasteiger partial charge is 0.506 e. The molecule has 3 heteroatoms. The van der Waals surface area contributed by atoms with Crippen LogP contribution >= 0.6 is 0 Å². The Bertz CT molecular complexity index is 432. The first kappa shape index (κ1) is 7.73. The molecular formula is C10H7NO2. The van der Waals surface area contributed by atoms with Crippen LogP contribution in [0.1, 0.15) is 15.9 Å². The zero-order valence-electron chi connectivity index (χ0n) is 6.74. The van der Waals surface area contributed by atoms with Crippen LogP contribution in [-0.2, 0) is 0 Å². The number of aliphatic hydroxyl groups is 1. The second kappa shape index (κ2) is 2.55. The lowest BCUT2D eigenvalue weighted by Gasteiger charge is -1.95. The Labute approximate surface area is 74.8 Å². The summed E-state index contributed by atoms with van der Waals surface area (Å²) in [6.07, 6.45) is 0.887. The molecule has 0 atom stereocenters. The number of rotatable bonds is 1. The molecule has 1 aliphatic rings. The van der Waals surface area contributed by atoms with E-state index in [-0.39, 0.29) is 17.1 Å². The summed E-state index contributed by atoms with van der Waals surface area (Å²) in [4.78, 5) is 11.5. The molecule has 64 valence electrons. The molecule has 0 aliphatic heterocycles. The molecule has 0 saturated carbocycles. The van der Waals surface area contributed by atoms with Crippen LogP contribution in [0.25, 0.3) is 5.76 Å². The zero-order chi connectivity index (χ0) is 9.42. The SMILES string of the molecule is N=CC1=C(O)c2ccccc2C1=O. The molecule has 0 unspecified atom stereocenters. The van der Waals surface area contributed by atoms with Gasteiger partial charge in [-0.2, -0.15) is 0 Å². The molecular weight excluding hydrogens is 166 g/mol. The molecule has 1 aromatic carbocycles. The summed E-state index contributed by atoms with van der Waals surface area (Å²) in [7, 11) is 0. The maximum Gasteiger partial charge on any atom is 0.199 e. The lowest BCUT2D eigenvalue weighted by atomic mass is 10.1. The van der Waals surface area contributed by atoms with Crippen molar-refractivity contribution < 1.29 is 9.90 Å². The predicted molar refractivity (Wildman–Crippen MR) is 49.1 cm³/mol. The number of hydrogen-bond donors (Lipinski definition) is 2. The number of carbonyl (C=O) groups excluding carboxylic acids is 1. The van der Waals surface area contributed by atoms with Crippen LogP contribution in [0.15, 0.2) is 29.8 Å². The predicted octanol–water partition coefficient (Wildman–Crippen LogP) is 1.80. The summed E-state index contributed by atoms with van der Waals surface area (Å²) < 4.78 is 0. The standard InChI is InChI=1S/C10H7NO2/c11-5-8-9(12)6-3-1-2-4-7(6)10(8)13/h1-5,11-12H. The molecule has 3 nitrogen and oxygen atoms in total. The molecule has 0 spiro atoms. The van der Waals surface area contributed by atoms with Gasteiger partial charge in [-0.25, -0.2) is 0 Å². The number of allylic oxidation sites excluding steroid dienone is 1. The lowest BCUT2D eigenvalue weighted by molar-refractivity contribution is 0.104. The monoisotopic (exact) mass is 173 g/mol. The number of ketones is 1. The summed E-state index contributed by atoms with van der Waals surface area (Å²) >= 11 is 0. The normalized spacial score (nSPS) is 14.6. The number of benzene rings is 1. The van der Waals surface area contributed by atoms with Crippen LogP contribution in [0, 0.1) is 5.41 Å². The first-order chi connectivity index (χ1) is 6.25. The van der Waals surface area contributed by atoms with Crippen molar-refractivity contribution in [3.05, 3.63) is 41.0 Å². The van der Waals surface area contributed by atoms with Crippen molar-refractivity contribution in [2.24, 2.45) is 0 Å². The molecule has 0 fully saturated rings. The topological polar surface area (TPSA) is 61.1 Å². The zero-order valence-corrected chi connectivity index (χ0v) is 6.74. The number of Topliss-reactive ketones (excluding diaryl/α,β-unsaturated/α-hetero) is 1. The molecule has 1 aromatic rings. The summed E-state index contributed by atoms with van der Waals surface area (Å²) in [6.45, 7) is 0. The molecule has 0 amide bonds. The molecule has 1 aliphatic carbocycles. The van der Waals surface area contributed by atoms with Gasteiger partial charge in [-0.05, 0) is 0 Å². The fourth-order valence-corrected chi connectivity index (χ4v) is 1.42. The molecule has 0 bridgehead atoms. The maximum atomic E-state index is 11.5. The third-order valence-corrected chi connectivity index (χ3v) is 2.07. The summed E-state index contributed by atoms with van der Waals surface area (Å²) in [5, 5.41) is 16.5. The van der Waals surface area contributed by atoms with E-state index in [4.69, 9.17) is 5.41 Å². The van der Waals surface area contributed by atoms with Gasteiger partial charge in [-0.1, -0.05) is 24.3 Å². The van der Waals surface area contributed by atoms with E-state index in [9.17, 15) is 9.90 Å². The van der Waals surface area contributed by atoms with Gasteiger partial charge >= 0.3 is 0 Å². The van der Waals surface area contributed by atoms with E-state index in [1.165, 1.54) is 0 Å². The minimum atomic E-state index is -0.275.